The second-order valence-corrected chi connectivity index (χ2v) is 3.35. The fraction of sp³-hybridized carbons (Fsp3) is 0.222. The molecule has 1 aromatic rings. The molecule has 1 aliphatic heterocycles. The van der Waals surface area contributed by atoms with Crippen molar-refractivity contribution in [1.29, 1.82) is 0 Å². The smallest absolute Gasteiger partial charge is 0.326 e. The van der Waals surface area contributed by atoms with Crippen molar-refractivity contribution >= 4 is 17.3 Å². The van der Waals surface area contributed by atoms with Crippen LogP contribution >= 0.6 is 0 Å². The maximum absolute atomic E-state index is 13.6. The lowest BCUT2D eigenvalue weighted by Crippen LogP contribution is -2.21. The maximum Gasteiger partial charge on any atom is 0.340 e. The molecule has 1 N–H and O–H groups in total. The molecule has 0 saturated heterocycles. The van der Waals surface area contributed by atoms with E-state index < -0.39 is 22.2 Å². The number of carbonyl (C=O) groups excluding carboxylic acids is 1. The van der Waals surface area contributed by atoms with Crippen molar-refractivity contribution in [3.63, 3.8) is 0 Å². The number of hydrogen-bond donors (Lipinski definition) is 1. The Bertz CT molecular complexity index is 502. The van der Waals surface area contributed by atoms with Crippen LogP contribution in [0.5, 0.6) is 0 Å². The molecule has 1 amide bonds. The zero-order valence-corrected chi connectivity index (χ0v) is 7.92. The van der Waals surface area contributed by atoms with E-state index in [1.54, 1.807) is 0 Å². The van der Waals surface area contributed by atoms with Gasteiger partial charge in [-0.3, -0.25) is 14.9 Å². The number of amides is 1. The highest BCUT2D eigenvalue weighted by molar-refractivity contribution is 5.94. The van der Waals surface area contributed by atoms with Crippen LogP contribution in [0.25, 0.3) is 0 Å². The van der Waals surface area contributed by atoms with E-state index in [1.165, 1.54) is 0 Å². The summed E-state index contributed by atoms with van der Waals surface area (Å²) in [5.74, 6) is -2.86. The Hall–Kier alpha value is -2.05. The number of nitrogens with zero attached hydrogens (tertiary/aromatic N) is 1. The predicted molar refractivity (Wildman–Crippen MR) is 50.0 cm³/mol. The van der Waals surface area contributed by atoms with Gasteiger partial charge in [-0.1, -0.05) is 0 Å². The maximum atomic E-state index is 13.6. The summed E-state index contributed by atoms with van der Waals surface area (Å²) in [4.78, 5) is 20.3. The number of benzene rings is 1. The highest BCUT2D eigenvalue weighted by atomic mass is 19.1. The molecule has 0 bridgehead atoms. The third-order valence-corrected chi connectivity index (χ3v) is 2.35. The molecule has 0 aromatic heterocycles. The molecule has 1 heterocycles. The van der Waals surface area contributed by atoms with E-state index in [9.17, 15) is 23.7 Å². The molecule has 0 radical (unpaired) electrons. The second kappa shape index (κ2) is 3.51. The highest BCUT2D eigenvalue weighted by Crippen LogP contribution is 2.33. The molecule has 1 aliphatic rings. The first-order chi connectivity index (χ1) is 7.50. The monoisotopic (exact) mass is 228 g/mol. The summed E-state index contributed by atoms with van der Waals surface area (Å²) in [7, 11) is 0. The van der Waals surface area contributed by atoms with Crippen molar-refractivity contribution in [3.05, 3.63) is 33.4 Å². The first kappa shape index (κ1) is 10.5. The summed E-state index contributed by atoms with van der Waals surface area (Å²) in [5.41, 5.74) is -1.22. The molecule has 0 spiro atoms. The summed E-state index contributed by atoms with van der Waals surface area (Å²) in [6.45, 7) is 0. The van der Waals surface area contributed by atoms with Gasteiger partial charge in [0.1, 0.15) is 0 Å². The van der Waals surface area contributed by atoms with Crippen molar-refractivity contribution in [2.24, 2.45) is 0 Å². The fourth-order valence-corrected chi connectivity index (χ4v) is 1.62. The standard InChI is InChI=1S/C9H6F2N2O3/c10-5-3-6-4(1-2-7(14)12-6)8(11)9(5)13(15)16/h3H,1-2H2,(H,12,14). The minimum atomic E-state index is -1.29. The number of hydrogen-bond acceptors (Lipinski definition) is 3. The SMILES string of the molecule is O=C1CCc2c(cc(F)c([N+](=O)[O-])c2F)N1. The van der Waals surface area contributed by atoms with Gasteiger partial charge in [-0.2, -0.15) is 8.78 Å². The second-order valence-electron chi connectivity index (χ2n) is 3.35. The highest BCUT2D eigenvalue weighted by Gasteiger charge is 2.29. The van der Waals surface area contributed by atoms with E-state index in [4.69, 9.17) is 0 Å². The number of fused-ring (bicyclic) bond motifs is 1. The number of nitro benzene ring substituents is 1. The van der Waals surface area contributed by atoms with Crippen molar-refractivity contribution < 1.29 is 18.5 Å². The average molecular weight is 228 g/mol. The van der Waals surface area contributed by atoms with Gasteiger partial charge in [-0.25, -0.2) is 0 Å². The van der Waals surface area contributed by atoms with Crippen LogP contribution in [0.2, 0.25) is 0 Å². The minimum Gasteiger partial charge on any atom is -0.326 e. The third-order valence-electron chi connectivity index (χ3n) is 2.35. The lowest BCUT2D eigenvalue weighted by Gasteiger charge is -2.17. The van der Waals surface area contributed by atoms with E-state index in [-0.39, 0.29) is 30.0 Å². The molecule has 84 valence electrons. The molecule has 0 saturated carbocycles. The van der Waals surface area contributed by atoms with Crippen LogP contribution < -0.4 is 5.32 Å². The number of anilines is 1. The Labute approximate surface area is 88.2 Å². The van der Waals surface area contributed by atoms with Crippen LogP contribution in [0.3, 0.4) is 0 Å². The van der Waals surface area contributed by atoms with Gasteiger partial charge in [0.15, 0.2) is 0 Å². The van der Waals surface area contributed by atoms with Gasteiger partial charge in [0.25, 0.3) is 0 Å². The zero-order chi connectivity index (χ0) is 11.9. The molecule has 16 heavy (non-hydrogen) atoms. The predicted octanol–water partition coefficient (Wildman–Crippen LogP) is 1.76. The summed E-state index contributed by atoms with van der Waals surface area (Å²) in [6.07, 6.45) is 0.0703. The van der Waals surface area contributed by atoms with E-state index >= 15 is 0 Å². The lowest BCUT2D eigenvalue weighted by molar-refractivity contribution is -0.390. The number of carbonyl (C=O) groups is 1. The van der Waals surface area contributed by atoms with E-state index in [0.717, 1.165) is 6.07 Å². The zero-order valence-electron chi connectivity index (χ0n) is 7.92. The van der Waals surface area contributed by atoms with Crippen LogP contribution in [0.15, 0.2) is 6.07 Å². The van der Waals surface area contributed by atoms with Gasteiger partial charge >= 0.3 is 5.69 Å². The van der Waals surface area contributed by atoms with Crippen LogP contribution in [-0.2, 0) is 11.2 Å². The Balaban J connectivity index is 2.63. The van der Waals surface area contributed by atoms with Crippen molar-refractivity contribution in [1.82, 2.24) is 0 Å². The normalized spacial score (nSPS) is 14.2. The molecule has 0 atom stereocenters. The Morgan fingerprint density at radius 2 is 2.06 bits per heavy atom. The van der Waals surface area contributed by atoms with Gasteiger partial charge in [-0.15, -0.1) is 0 Å². The van der Waals surface area contributed by atoms with Crippen molar-refractivity contribution in [3.8, 4) is 0 Å². The van der Waals surface area contributed by atoms with Crippen molar-refractivity contribution in [2.45, 2.75) is 12.8 Å². The van der Waals surface area contributed by atoms with Crippen LogP contribution in [0.4, 0.5) is 20.2 Å². The van der Waals surface area contributed by atoms with Crippen LogP contribution in [0.1, 0.15) is 12.0 Å². The lowest BCUT2D eigenvalue weighted by atomic mass is 10.0. The Kier molecular flexibility index (Phi) is 2.30. The van der Waals surface area contributed by atoms with Crippen molar-refractivity contribution in [2.75, 3.05) is 5.32 Å². The largest absolute Gasteiger partial charge is 0.340 e. The molecule has 0 fully saturated rings. The average Bonchev–Trinajstić information content (AvgIpc) is 2.15. The van der Waals surface area contributed by atoms with Crippen LogP contribution in [-0.4, -0.2) is 10.8 Å². The summed E-state index contributed by atoms with van der Waals surface area (Å²) in [5, 5.41) is 12.7. The van der Waals surface area contributed by atoms with E-state index in [2.05, 4.69) is 5.32 Å². The van der Waals surface area contributed by atoms with Gasteiger partial charge in [0.2, 0.25) is 17.5 Å². The Morgan fingerprint density at radius 3 is 2.69 bits per heavy atom. The van der Waals surface area contributed by atoms with E-state index in [0.29, 0.717) is 0 Å². The van der Waals surface area contributed by atoms with Gasteiger partial charge < -0.3 is 5.32 Å². The first-order valence-corrected chi connectivity index (χ1v) is 4.46. The number of halogens is 2. The minimum absolute atomic E-state index is 0.0206. The van der Waals surface area contributed by atoms with Crippen LogP contribution in [0, 0.1) is 21.7 Å². The molecule has 5 nitrogen and oxygen atoms in total. The molecule has 2 rings (SSSR count). The number of rotatable bonds is 1. The van der Waals surface area contributed by atoms with Gasteiger partial charge in [0, 0.05) is 18.1 Å². The molecule has 0 unspecified atom stereocenters. The Morgan fingerprint density at radius 1 is 1.38 bits per heavy atom. The number of nitro groups is 1. The molecule has 1 aromatic carbocycles. The quantitative estimate of drug-likeness (QED) is 0.588. The molecule has 0 aliphatic carbocycles. The fourth-order valence-electron chi connectivity index (χ4n) is 1.62. The molecule has 7 heteroatoms. The molecular formula is C9H6F2N2O3. The van der Waals surface area contributed by atoms with Gasteiger partial charge in [0.05, 0.1) is 10.6 Å². The number of nitrogens with one attached hydrogen (secondary N) is 1. The molecular weight excluding hydrogens is 222 g/mol. The summed E-state index contributed by atoms with van der Waals surface area (Å²) >= 11 is 0. The first-order valence-electron chi connectivity index (χ1n) is 4.46. The van der Waals surface area contributed by atoms with E-state index in [1.807, 2.05) is 0 Å². The summed E-state index contributed by atoms with van der Waals surface area (Å²) < 4.78 is 26.7. The third kappa shape index (κ3) is 1.50. The van der Waals surface area contributed by atoms with Gasteiger partial charge in [-0.05, 0) is 6.42 Å². The topological polar surface area (TPSA) is 72.2 Å². The summed E-state index contributed by atoms with van der Waals surface area (Å²) in [6, 6.07) is 0.771.